The molecule has 1 saturated heterocycles. The molecule has 1 fully saturated rings. The zero-order valence-electron chi connectivity index (χ0n) is 14.1. The van der Waals surface area contributed by atoms with Crippen molar-refractivity contribution in [1.82, 2.24) is 14.9 Å². The Hall–Kier alpha value is -2.83. The second-order valence-electron chi connectivity index (χ2n) is 6.14. The molecule has 130 valence electrons. The Morgan fingerprint density at radius 1 is 1.00 bits per heavy atom. The van der Waals surface area contributed by atoms with E-state index in [4.69, 9.17) is 9.47 Å². The van der Waals surface area contributed by atoms with E-state index in [0.29, 0.717) is 49.3 Å². The van der Waals surface area contributed by atoms with E-state index in [0.717, 1.165) is 18.7 Å². The number of aryl methyl sites for hydroxylation is 1. The molecule has 0 saturated carbocycles. The second-order valence-corrected chi connectivity index (χ2v) is 6.14. The Kier molecular flexibility index (Phi) is 4.13. The van der Waals surface area contributed by atoms with E-state index in [1.807, 2.05) is 17.9 Å². The molecule has 3 heterocycles. The Balaban J connectivity index is 1.47. The van der Waals surface area contributed by atoms with Crippen molar-refractivity contribution in [1.29, 1.82) is 0 Å². The van der Waals surface area contributed by atoms with E-state index < -0.39 is 0 Å². The Bertz CT molecular complexity index is 773. The third kappa shape index (κ3) is 3.09. The molecule has 1 aromatic carbocycles. The number of anilines is 1. The van der Waals surface area contributed by atoms with Crippen molar-refractivity contribution in [3.63, 3.8) is 0 Å². The summed E-state index contributed by atoms with van der Waals surface area (Å²) < 4.78 is 11.2. The number of aromatic nitrogens is 2. The fourth-order valence-electron chi connectivity index (χ4n) is 3.16. The van der Waals surface area contributed by atoms with Crippen molar-refractivity contribution in [2.45, 2.75) is 6.92 Å². The normalized spacial score (nSPS) is 16.7. The van der Waals surface area contributed by atoms with Gasteiger partial charge in [0.25, 0.3) is 5.91 Å². The lowest BCUT2D eigenvalue weighted by atomic mass is 10.1. The number of carbonyl (C=O) groups is 1. The van der Waals surface area contributed by atoms with Gasteiger partial charge >= 0.3 is 0 Å². The first-order valence-electron chi connectivity index (χ1n) is 8.44. The summed E-state index contributed by atoms with van der Waals surface area (Å²) in [6.07, 6.45) is 3.47. The van der Waals surface area contributed by atoms with E-state index in [1.54, 1.807) is 24.5 Å². The number of piperazine rings is 1. The van der Waals surface area contributed by atoms with Crippen LogP contribution in [0.2, 0.25) is 0 Å². The molecule has 0 spiro atoms. The summed E-state index contributed by atoms with van der Waals surface area (Å²) in [7, 11) is 0. The van der Waals surface area contributed by atoms with Gasteiger partial charge in [0.2, 0.25) is 5.95 Å². The highest BCUT2D eigenvalue weighted by Crippen LogP contribution is 2.33. The molecule has 0 N–H and O–H groups in total. The maximum Gasteiger partial charge on any atom is 0.254 e. The van der Waals surface area contributed by atoms with Crippen LogP contribution in [0.1, 0.15) is 15.9 Å². The maximum absolute atomic E-state index is 12.9. The van der Waals surface area contributed by atoms with Gasteiger partial charge in [0.05, 0.1) is 0 Å². The fourth-order valence-corrected chi connectivity index (χ4v) is 3.16. The average Bonchev–Trinajstić information content (AvgIpc) is 2.68. The molecule has 0 atom stereocenters. The van der Waals surface area contributed by atoms with Crippen LogP contribution in [0.5, 0.6) is 11.5 Å². The van der Waals surface area contributed by atoms with Crippen LogP contribution in [0.4, 0.5) is 5.95 Å². The number of ether oxygens (including phenoxy) is 2. The minimum absolute atomic E-state index is 0.0307. The lowest BCUT2D eigenvalue weighted by Crippen LogP contribution is -2.49. The van der Waals surface area contributed by atoms with Crippen molar-refractivity contribution < 1.29 is 14.3 Å². The molecule has 0 radical (unpaired) electrons. The third-order valence-electron chi connectivity index (χ3n) is 4.52. The highest BCUT2D eigenvalue weighted by Gasteiger charge is 2.26. The van der Waals surface area contributed by atoms with Gasteiger partial charge in [0, 0.05) is 44.1 Å². The van der Waals surface area contributed by atoms with Crippen molar-refractivity contribution in [3.05, 3.63) is 41.7 Å². The molecule has 2 aliphatic rings. The van der Waals surface area contributed by atoms with E-state index in [1.165, 1.54) is 0 Å². The standard InChI is InChI=1S/C18H20N4O3/c1-13-11-15-16(25-10-9-24-15)12-14(13)17(23)21-5-7-22(8-6-21)18-19-3-2-4-20-18/h2-4,11-12H,5-10H2,1H3. The van der Waals surface area contributed by atoms with Gasteiger partial charge in [-0.3, -0.25) is 4.79 Å². The number of hydrogen-bond acceptors (Lipinski definition) is 6. The van der Waals surface area contributed by atoms with Crippen LogP contribution in [0.25, 0.3) is 0 Å². The van der Waals surface area contributed by atoms with Crippen LogP contribution in [-0.4, -0.2) is 60.2 Å². The number of nitrogens with zero attached hydrogens (tertiary/aromatic N) is 4. The van der Waals surface area contributed by atoms with E-state index in [-0.39, 0.29) is 5.91 Å². The van der Waals surface area contributed by atoms with E-state index in [9.17, 15) is 4.79 Å². The van der Waals surface area contributed by atoms with Gasteiger partial charge in [-0.25, -0.2) is 9.97 Å². The molecule has 7 heteroatoms. The van der Waals surface area contributed by atoms with Gasteiger partial charge in [-0.05, 0) is 30.7 Å². The van der Waals surface area contributed by atoms with Crippen molar-refractivity contribution in [2.24, 2.45) is 0 Å². The average molecular weight is 340 g/mol. The molecular formula is C18H20N4O3. The van der Waals surface area contributed by atoms with E-state index in [2.05, 4.69) is 14.9 Å². The van der Waals surface area contributed by atoms with Gasteiger partial charge in [-0.1, -0.05) is 0 Å². The largest absolute Gasteiger partial charge is 0.486 e. The predicted octanol–water partition coefficient (Wildman–Crippen LogP) is 1.52. The summed E-state index contributed by atoms with van der Waals surface area (Å²) in [4.78, 5) is 25.4. The monoisotopic (exact) mass is 340 g/mol. The first kappa shape index (κ1) is 15.7. The number of carbonyl (C=O) groups excluding carboxylic acids is 1. The SMILES string of the molecule is Cc1cc2c(cc1C(=O)N1CCN(c3ncccn3)CC1)OCCO2. The molecule has 2 aromatic rings. The topological polar surface area (TPSA) is 67.8 Å². The van der Waals surface area contributed by atoms with Gasteiger partial charge in [-0.2, -0.15) is 0 Å². The van der Waals surface area contributed by atoms with Crippen LogP contribution in [-0.2, 0) is 0 Å². The zero-order valence-corrected chi connectivity index (χ0v) is 14.1. The summed E-state index contributed by atoms with van der Waals surface area (Å²) in [6, 6.07) is 5.49. The van der Waals surface area contributed by atoms with Crippen LogP contribution in [0.3, 0.4) is 0 Å². The first-order valence-corrected chi connectivity index (χ1v) is 8.44. The first-order chi connectivity index (χ1) is 12.2. The quantitative estimate of drug-likeness (QED) is 0.826. The summed E-state index contributed by atoms with van der Waals surface area (Å²) in [5.74, 6) is 2.11. The van der Waals surface area contributed by atoms with Crippen LogP contribution in [0.15, 0.2) is 30.6 Å². The minimum Gasteiger partial charge on any atom is -0.486 e. The molecule has 0 aliphatic carbocycles. The zero-order chi connectivity index (χ0) is 17.2. The van der Waals surface area contributed by atoms with Crippen LogP contribution < -0.4 is 14.4 Å². The van der Waals surface area contributed by atoms with Crippen molar-refractivity contribution in [2.75, 3.05) is 44.3 Å². The molecule has 2 aliphatic heterocycles. The molecule has 1 aromatic heterocycles. The van der Waals surface area contributed by atoms with Gasteiger partial charge in [0.15, 0.2) is 11.5 Å². The molecule has 1 amide bonds. The smallest absolute Gasteiger partial charge is 0.254 e. The molecule has 4 rings (SSSR count). The molecule has 0 unspecified atom stereocenters. The van der Waals surface area contributed by atoms with Crippen molar-refractivity contribution >= 4 is 11.9 Å². The summed E-state index contributed by atoms with van der Waals surface area (Å²) in [6.45, 7) is 5.72. The van der Waals surface area contributed by atoms with Gasteiger partial charge < -0.3 is 19.3 Å². The van der Waals surface area contributed by atoms with Gasteiger partial charge in [0.1, 0.15) is 13.2 Å². The molecule has 25 heavy (non-hydrogen) atoms. The van der Waals surface area contributed by atoms with Gasteiger partial charge in [-0.15, -0.1) is 0 Å². The van der Waals surface area contributed by atoms with Crippen LogP contribution >= 0.6 is 0 Å². The summed E-state index contributed by atoms with van der Waals surface area (Å²) in [5.41, 5.74) is 1.58. The molecule has 0 bridgehead atoms. The second kappa shape index (κ2) is 6.58. The molecule has 7 nitrogen and oxygen atoms in total. The highest BCUT2D eigenvalue weighted by atomic mass is 16.6. The summed E-state index contributed by atoms with van der Waals surface area (Å²) in [5, 5.41) is 0. The van der Waals surface area contributed by atoms with E-state index >= 15 is 0 Å². The molecular weight excluding hydrogens is 320 g/mol. The Morgan fingerprint density at radius 2 is 1.64 bits per heavy atom. The summed E-state index contributed by atoms with van der Waals surface area (Å²) >= 11 is 0. The predicted molar refractivity (Wildman–Crippen MR) is 92.3 cm³/mol. The number of hydrogen-bond donors (Lipinski definition) is 0. The lowest BCUT2D eigenvalue weighted by molar-refractivity contribution is 0.0744. The lowest BCUT2D eigenvalue weighted by Gasteiger charge is -2.35. The maximum atomic E-state index is 12.9. The number of amides is 1. The number of benzene rings is 1. The van der Waals surface area contributed by atoms with Crippen LogP contribution in [0, 0.1) is 6.92 Å². The van der Waals surface area contributed by atoms with Crippen molar-refractivity contribution in [3.8, 4) is 11.5 Å². The minimum atomic E-state index is 0.0307. The third-order valence-corrected chi connectivity index (χ3v) is 4.52. The Morgan fingerprint density at radius 3 is 2.32 bits per heavy atom. The Labute approximate surface area is 146 Å². The fraction of sp³-hybridized carbons (Fsp3) is 0.389. The number of fused-ring (bicyclic) bond motifs is 1. The number of rotatable bonds is 2. The highest BCUT2D eigenvalue weighted by molar-refractivity contribution is 5.96.